The van der Waals surface area contributed by atoms with Crippen LogP contribution in [-0.2, 0) is 0 Å². The van der Waals surface area contributed by atoms with E-state index in [2.05, 4.69) is 18.9 Å². The Hall–Kier alpha value is -0.0400. The lowest BCUT2D eigenvalue weighted by molar-refractivity contribution is 0.190. The van der Waals surface area contributed by atoms with Gasteiger partial charge in [0.2, 0.25) is 0 Å². The Bertz CT molecular complexity index is 104. The zero-order chi connectivity index (χ0) is 6.43. The largest absolute Gasteiger partial charge is 0.300 e. The van der Waals surface area contributed by atoms with Crippen LogP contribution in [0, 0.1) is 5.92 Å². The van der Waals surface area contributed by atoms with Crippen molar-refractivity contribution in [1.29, 1.82) is 0 Å². The van der Waals surface area contributed by atoms with Crippen LogP contribution in [0.1, 0.15) is 26.2 Å². The van der Waals surface area contributed by atoms with Crippen LogP contribution in [0.25, 0.3) is 0 Å². The molecule has 0 radical (unpaired) electrons. The first-order valence-corrected chi connectivity index (χ1v) is 4.01. The Labute approximate surface area is 57.0 Å². The number of nitrogens with zero attached hydrogens (tertiary/aromatic N) is 1. The van der Waals surface area contributed by atoms with Crippen molar-refractivity contribution < 1.29 is 0 Å². The van der Waals surface area contributed by atoms with E-state index < -0.39 is 0 Å². The van der Waals surface area contributed by atoms with Gasteiger partial charge in [-0.15, -0.1) is 0 Å². The van der Waals surface area contributed by atoms with Crippen LogP contribution in [0.3, 0.4) is 0 Å². The van der Waals surface area contributed by atoms with Crippen LogP contribution in [0.2, 0.25) is 0 Å². The average molecular weight is 125 g/mol. The summed E-state index contributed by atoms with van der Waals surface area (Å²) >= 11 is 0. The monoisotopic (exact) mass is 125 g/mol. The Morgan fingerprint density at radius 2 is 2.11 bits per heavy atom. The highest BCUT2D eigenvalue weighted by Gasteiger charge is 2.40. The lowest BCUT2D eigenvalue weighted by Gasteiger charge is -2.28. The van der Waals surface area contributed by atoms with E-state index in [9.17, 15) is 0 Å². The molecular formula is C8H15N. The van der Waals surface area contributed by atoms with Gasteiger partial charge in [-0.2, -0.15) is 0 Å². The molecular weight excluding hydrogens is 110 g/mol. The summed E-state index contributed by atoms with van der Waals surface area (Å²) in [6.07, 6.45) is 4.44. The van der Waals surface area contributed by atoms with Gasteiger partial charge in [-0.3, -0.25) is 0 Å². The zero-order valence-corrected chi connectivity index (χ0v) is 6.30. The highest BCUT2D eigenvalue weighted by Crippen LogP contribution is 2.40. The Kier molecular flexibility index (Phi) is 1.10. The molecule has 3 atom stereocenters. The standard InChI is InChI=1S/C8H15N/c1-6-7-3-4-8(5-7)9(6)2/h6-8H,3-5H2,1-2H3/t6-,7?,8-/m1/s1. The molecule has 1 heteroatoms. The first-order valence-electron chi connectivity index (χ1n) is 4.01. The first-order chi connectivity index (χ1) is 4.29. The SMILES string of the molecule is C[C@@H]1C2CC[C@H](C2)N1C. The van der Waals surface area contributed by atoms with Crippen molar-refractivity contribution in [3.05, 3.63) is 0 Å². The lowest BCUT2D eigenvalue weighted by Crippen LogP contribution is -2.35. The van der Waals surface area contributed by atoms with Gasteiger partial charge >= 0.3 is 0 Å². The molecule has 0 N–H and O–H groups in total. The molecule has 52 valence electrons. The fourth-order valence-electron chi connectivity index (χ4n) is 2.46. The molecule has 1 saturated heterocycles. The normalized spacial score (nSPS) is 50.7. The topological polar surface area (TPSA) is 3.24 Å². The molecule has 1 nitrogen and oxygen atoms in total. The van der Waals surface area contributed by atoms with Gasteiger partial charge in [0.1, 0.15) is 0 Å². The van der Waals surface area contributed by atoms with Gasteiger partial charge in [-0.05, 0) is 39.2 Å². The lowest BCUT2D eigenvalue weighted by atomic mass is 10.0. The van der Waals surface area contributed by atoms with Crippen molar-refractivity contribution in [3.63, 3.8) is 0 Å². The zero-order valence-electron chi connectivity index (χ0n) is 6.30. The quantitative estimate of drug-likeness (QED) is 0.474. The number of rotatable bonds is 0. The van der Waals surface area contributed by atoms with E-state index in [0.29, 0.717) is 0 Å². The summed E-state index contributed by atoms with van der Waals surface area (Å²) in [6.45, 7) is 2.36. The maximum atomic E-state index is 2.55. The predicted molar refractivity (Wildman–Crippen MR) is 38.4 cm³/mol. The smallest absolute Gasteiger partial charge is 0.00984 e. The highest BCUT2D eigenvalue weighted by molar-refractivity contribution is 4.95. The molecule has 0 aromatic rings. The Balaban J connectivity index is 2.15. The van der Waals surface area contributed by atoms with Crippen LogP contribution >= 0.6 is 0 Å². The maximum Gasteiger partial charge on any atom is 0.00984 e. The van der Waals surface area contributed by atoms with Crippen molar-refractivity contribution in [1.82, 2.24) is 4.90 Å². The molecule has 2 bridgehead atoms. The molecule has 0 spiro atoms. The van der Waals surface area contributed by atoms with Gasteiger partial charge < -0.3 is 4.90 Å². The summed E-state index contributed by atoms with van der Waals surface area (Å²) in [7, 11) is 2.27. The third-order valence-electron chi connectivity index (χ3n) is 3.35. The average Bonchev–Trinajstić information content (AvgIpc) is 2.37. The van der Waals surface area contributed by atoms with Crippen LogP contribution in [-0.4, -0.2) is 24.0 Å². The molecule has 1 saturated carbocycles. The number of likely N-dealkylation sites (tertiary alicyclic amines) is 1. The van der Waals surface area contributed by atoms with Gasteiger partial charge in [0.05, 0.1) is 0 Å². The summed E-state index contributed by atoms with van der Waals surface area (Å²) in [5.41, 5.74) is 0. The molecule has 0 amide bonds. The predicted octanol–water partition coefficient (Wildman–Crippen LogP) is 1.49. The van der Waals surface area contributed by atoms with Gasteiger partial charge in [0.25, 0.3) is 0 Å². The van der Waals surface area contributed by atoms with Crippen molar-refractivity contribution in [2.75, 3.05) is 7.05 Å². The van der Waals surface area contributed by atoms with E-state index in [1.54, 1.807) is 0 Å². The van der Waals surface area contributed by atoms with Crippen molar-refractivity contribution in [3.8, 4) is 0 Å². The second-order valence-electron chi connectivity index (χ2n) is 3.63. The minimum absolute atomic E-state index is 0.878. The van der Waals surface area contributed by atoms with Crippen LogP contribution in [0.4, 0.5) is 0 Å². The molecule has 0 aromatic heterocycles. The first kappa shape index (κ1) is 5.72. The van der Waals surface area contributed by atoms with Crippen molar-refractivity contribution in [2.24, 2.45) is 5.92 Å². The molecule has 2 rings (SSSR count). The summed E-state index contributed by atoms with van der Waals surface area (Å²) in [5.74, 6) is 1.04. The molecule has 0 aromatic carbocycles. The van der Waals surface area contributed by atoms with Crippen LogP contribution in [0.15, 0.2) is 0 Å². The molecule has 1 heterocycles. The van der Waals surface area contributed by atoms with Crippen molar-refractivity contribution in [2.45, 2.75) is 38.3 Å². The Morgan fingerprint density at radius 1 is 1.33 bits per heavy atom. The van der Waals surface area contributed by atoms with E-state index in [0.717, 1.165) is 18.0 Å². The van der Waals surface area contributed by atoms with Gasteiger partial charge in [0.15, 0.2) is 0 Å². The molecule has 1 aliphatic carbocycles. The summed E-state index contributed by atoms with van der Waals surface area (Å²) in [4.78, 5) is 2.55. The van der Waals surface area contributed by atoms with Gasteiger partial charge in [-0.1, -0.05) is 0 Å². The molecule has 1 aliphatic heterocycles. The van der Waals surface area contributed by atoms with E-state index in [-0.39, 0.29) is 0 Å². The second kappa shape index (κ2) is 1.72. The molecule has 9 heavy (non-hydrogen) atoms. The minimum Gasteiger partial charge on any atom is -0.300 e. The van der Waals surface area contributed by atoms with Crippen LogP contribution < -0.4 is 0 Å². The highest BCUT2D eigenvalue weighted by atomic mass is 15.2. The van der Waals surface area contributed by atoms with Crippen molar-refractivity contribution >= 4 is 0 Å². The third kappa shape index (κ3) is 0.644. The van der Waals surface area contributed by atoms with Gasteiger partial charge in [-0.25, -0.2) is 0 Å². The summed E-state index contributed by atoms with van der Waals surface area (Å²) in [5, 5.41) is 0. The van der Waals surface area contributed by atoms with Gasteiger partial charge in [0, 0.05) is 12.1 Å². The number of hydrogen-bond donors (Lipinski definition) is 0. The minimum atomic E-state index is 0.878. The number of fused-ring (bicyclic) bond motifs is 2. The molecule has 2 aliphatic rings. The van der Waals surface area contributed by atoms with Crippen LogP contribution in [0.5, 0.6) is 0 Å². The summed E-state index contributed by atoms with van der Waals surface area (Å²) < 4.78 is 0. The maximum absolute atomic E-state index is 2.55. The van der Waals surface area contributed by atoms with E-state index in [4.69, 9.17) is 0 Å². The third-order valence-corrected chi connectivity index (χ3v) is 3.35. The van der Waals surface area contributed by atoms with E-state index >= 15 is 0 Å². The fourth-order valence-corrected chi connectivity index (χ4v) is 2.46. The Morgan fingerprint density at radius 3 is 2.44 bits per heavy atom. The number of hydrogen-bond acceptors (Lipinski definition) is 1. The second-order valence-corrected chi connectivity index (χ2v) is 3.63. The summed E-state index contributed by atoms with van der Waals surface area (Å²) in [6, 6.07) is 1.83. The molecule has 1 unspecified atom stereocenters. The number of piperidine rings is 1. The van der Waals surface area contributed by atoms with E-state index in [1.807, 2.05) is 0 Å². The fraction of sp³-hybridized carbons (Fsp3) is 1.00. The molecule has 2 fully saturated rings. The van der Waals surface area contributed by atoms with E-state index in [1.165, 1.54) is 19.3 Å².